The van der Waals surface area contributed by atoms with Gasteiger partial charge in [0.15, 0.2) is 5.76 Å². The molecule has 0 atom stereocenters. The first-order valence-electron chi connectivity index (χ1n) is 6.36. The van der Waals surface area contributed by atoms with Crippen molar-refractivity contribution >= 4 is 5.91 Å². The molecule has 1 saturated heterocycles. The first-order chi connectivity index (χ1) is 8.31. The van der Waals surface area contributed by atoms with Gasteiger partial charge in [-0.1, -0.05) is 13.3 Å². The molecule has 0 unspecified atom stereocenters. The predicted octanol–water partition coefficient (Wildman–Crippen LogP) is 1.84. The molecule has 1 fully saturated rings. The van der Waals surface area contributed by atoms with E-state index >= 15 is 0 Å². The summed E-state index contributed by atoms with van der Waals surface area (Å²) in [6.07, 6.45) is 4.02. The van der Waals surface area contributed by atoms with Crippen LogP contribution in [0, 0.1) is 0 Å². The summed E-state index contributed by atoms with van der Waals surface area (Å²) < 4.78 is 5.14. The number of carbonyl (C=O) groups is 1. The molecule has 0 spiro atoms. The Morgan fingerprint density at radius 3 is 2.71 bits per heavy atom. The van der Waals surface area contributed by atoms with Gasteiger partial charge in [-0.15, -0.1) is 0 Å². The van der Waals surface area contributed by atoms with Crippen LogP contribution >= 0.6 is 0 Å². The molecule has 1 aromatic heterocycles. The van der Waals surface area contributed by atoms with E-state index in [0.29, 0.717) is 5.76 Å². The van der Waals surface area contributed by atoms with E-state index in [4.69, 9.17) is 4.42 Å². The molecular weight excluding hydrogens is 216 g/mol. The normalized spacial score (nSPS) is 17.4. The van der Waals surface area contributed by atoms with Crippen LogP contribution in [0.1, 0.15) is 30.3 Å². The molecule has 0 aromatic carbocycles. The number of nitrogens with zero attached hydrogens (tertiary/aromatic N) is 2. The smallest absolute Gasteiger partial charge is 0.289 e. The lowest BCUT2D eigenvalue weighted by Crippen LogP contribution is -2.48. The van der Waals surface area contributed by atoms with Crippen LogP contribution in [0.5, 0.6) is 0 Å². The minimum absolute atomic E-state index is 0.0186. The molecule has 1 aromatic rings. The van der Waals surface area contributed by atoms with Gasteiger partial charge in [-0.2, -0.15) is 0 Å². The maximum atomic E-state index is 12.0. The third-order valence-corrected chi connectivity index (χ3v) is 3.22. The number of hydrogen-bond donors (Lipinski definition) is 0. The van der Waals surface area contributed by atoms with E-state index in [2.05, 4.69) is 11.8 Å². The van der Waals surface area contributed by atoms with Crippen LogP contribution in [0.2, 0.25) is 0 Å². The van der Waals surface area contributed by atoms with Crippen molar-refractivity contribution in [3.05, 3.63) is 24.2 Å². The van der Waals surface area contributed by atoms with Gasteiger partial charge in [0.05, 0.1) is 6.26 Å². The van der Waals surface area contributed by atoms with Crippen molar-refractivity contribution in [3.63, 3.8) is 0 Å². The first kappa shape index (κ1) is 12.2. The van der Waals surface area contributed by atoms with Gasteiger partial charge in [-0.25, -0.2) is 0 Å². The predicted molar refractivity (Wildman–Crippen MR) is 66.0 cm³/mol. The number of carbonyl (C=O) groups excluding carboxylic acids is 1. The number of hydrogen-bond acceptors (Lipinski definition) is 3. The zero-order chi connectivity index (χ0) is 12.1. The molecule has 0 bridgehead atoms. The molecule has 0 aliphatic carbocycles. The number of amides is 1. The summed E-state index contributed by atoms with van der Waals surface area (Å²) in [6, 6.07) is 3.48. The number of unbranched alkanes of at least 4 members (excludes halogenated alkanes) is 1. The average Bonchev–Trinajstić information content (AvgIpc) is 2.90. The largest absolute Gasteiger partial charge is 0.459 e. The Labute approximate surface area is 102 Å². The van der Waals surface area contributed by atoms with Crippen LogP contribution in [0.4, 0.5) is 0 Å². The molecule has 1 aliphatic heterocycles. The van der Waals surface area contributed by atoms with Crippen molar-refractivity contribution in [1.82, 2.24) is 9.80 Å². The molecule has 2 rings (SSSR count). The summed E-state index contributed by atoms with van der Waals surface area (Å²) in [6.45, 7) is 6.93. The molecule has 0 radical (unpaired) electrons. The van der Waals surface area contributed by atoms with Crippen molar-refractivity contribution < 1.29 is 9.21 Å². The summed E-state index contributed by atoms with van der Waals surface area (Å²) in [5.74, 6) is 0.470. The molecule has 4 heteroatoms. The standard InChI is InChI=1S/C13H20N2O2/c1-2-3-6-14-7-9-15(10-8-14)13(16)12-5-4-11-17-12/h4-5,11H,2-3,6-10H2,1H3. The van der Waals surface area contributed by atoms with E-state index in [-0.39, 0.29) is 5.91 Å². The average molecular weight is 236 g/mol. The van der Waals surface area contributed by atoms with Crippen LogP contribution in [0.3, 0.4) is 0 Å². The lowest BCUT2D eigenvalue weighted by Gasteiger charge is -2.34. The van der Waals surface area contributed by atoms with Gasteiger partial charge in [0, 0.05) is 26.2 Å². The fourth-order valence-electron chi connectivity index (χ4n) is 2.11. The van der Waals surface area contributed by atoms with Gasteiger partial charge in [-0.05, 0) is 25.1 Å². The van der Waals surface area contributed by atoms with Crippen LogP contribution in [0.15, 0.2) is 22.8 Å². The molecule has 94 valence electrons. The van der Waals surface area contributed by atoms with Crippen molar-refractivity contribution in [2.45, 2.75) is 19.8 Å². The van der Waals surface area contributed by atoms with Crippen molar-refractivity contribution in [1.29, 1.82) is 0 Å². The van der Waals surface area contributed by atoms with E-state index in [1.165, 1.54) is 12.8 Å². The van der Waals surface area contributed by atoms with E-state index in [1.54, 1.807) is 18.4 Å². The molecule has 1 amide bonds. The molecular formula is C13H20N2O2. The van der Waals surface area contributed by atoms with Gasteiger partial charge >= 0.3 is 0 Å². The van der Waals surface area contributed by atoms with Gasteiger partial charge in [-0.3, -0.25) is 9.69 Å². The van der Waals surface area contributed by atoms with E-state index in [0.717, 1.165) is 32.7 Å². The molecule has 17 heavy (non-hydrogen) atoms. The zero-order valence-electron chi connectivity index (χ0n) is 10.4. The summed E-state index contributed by atoms with van der Waals surface area (Å²) >= 11 is 0. The zero-order valence-corrected chi connectivity index (χ0v) is 10.4. The lowest BCUT2D eigenvalue weighted by atomic mass is 10.2. The summed E-state index contributed by atoms with van der Waals surface area (Å²) in [4.78, 5) is 16.3. The highest BCUT2D eigenvalue weighted by Gasteiger charge is 2.22. The van der Waals surface area contributed by atoms with Crippen LogP contribution < -0.4 is 0 Å². The third-order valence-electron chi connectivity index (χ3n) is 3.22. The topological polar surface area (TPSA) is 36.7 Å². The lowest BCUT2D eigenvalue weighted by molar-refractivity contribution is 0.0605. The molecule has 0 saturated carbocycles. The van der Waals surface area contributed by atoms with Crippen molar-refractivity contribution in [2.75, 3.05) is 32.7 Å². The summed E-state index contributed by atoms with van der Waals surface area (Å²) in [5.41, 5.74) is 0. The number of furan rings is 1. The molecule has 4 nitrogen and oxygen atoms in total. The summed E-state index contributed by atoms with van der Waals surface area (Å²) in [5, 5.41) is 0. The van der Waals surface area contributed by atoms with Crippen LogP contribution in [0.25, 0.3) is 0 Å². The number of piperazine rings is 1. The van der Waals surface area contributed by atoms with Crippen molar-refractivity contribution in [3.8, 4) is 0 Å². The Hall–Kier alpha value is -1.29. The van der Waals surface area contributed by atoms with Gasteiger partial charge < -0.3 is 9.32 Å². The summed E-state index contributed by atoms with van der Waals surface area (Å²) in [7, 11) is 0. The fourth-order valence-corrected chi connectivity index (χ4v) is 2.11. The number of rotatable bonds is 4. The van der Waals surface area contributed by atoms with Gasteiger partial charge in [0.25, 0.3) is 5.91 Å². The maximum absolute atomic E-state index is 12.0. The minimum Gasteiger partial charge on any atom is -0.459 e. The molecule has 2 heterocycles. The SMILES string of the molecule is CCCCN1CCN(C(=O)c2ccco2)CC1. The van der Waals surface area contributed by atoms with Gasteiger partial charge in [0.1, 0.15) is 0 Å². The van der Waals surface area contributed by atoms with Gasteiger partial charge in [0.2, 0.25) is 0 Å². The van der Waals surface area contributed by atoms with E-state index in [9.17, 15) is 4.79 Å². The van der Waals surface area contributed by atoms with Crippen LogP contribution in [-0.4, -0.2) is 48.4 Å². The van der Waals surface area contributed by atoms with E-state index < -0.39 is 0 Å². The second-order valence-corrected chi connectivity index (χ2v) is 4.46. The Kier molecular flexibility index (Phi) is 4.20. The second kappa shape index (κ2) is 5.87. The van der Waals surface area contributed by atoms with Crippen molar-refractivity contribution in [2.24, 2.45) is 0 Å². The maximum Gasteiger partial charge on any atom is 0.289 e. The Balaban J connectivity index is 1.81. The fraction of sp³-hybridized carbons (Fsp3) is 0.615. The Morgan fingerprint density at radius 1 is 1.35 bits per heavy atom. The van der Waals surface area contributed by atoms with Crippen LogP contribution in [-0.2, 0) is 0 Å². The highest BCUT2D eigenvalue weighted by molar-refractivity contribution is 5.91. The Bertz CT molecular complexity index is 340. The quantitative estimate of drug-likeness (QED) is 0.800. The monoisotopic (exact) mass is 236 g/mol. The third kappa shape index (κ3) is 3.09. The Morgan fingerprint density at radius 2 is 2.12 bits per heavy atom. The second-order valence-electron chi connectivity index (χ2n) is 4.46. The van der Waals surface area contributed by atoms with E-state index in [1.807, 2.05) is 4.90 Å². The first-order valence-corrected chi connectivity index (χ1v) is 6.36. The molecule has 1 aliphatic rings. The molecule has 0 N–H and O–H groups in total. The minimum atomic E-state index is 0.0186. The highest BCUT2D eigenvalue weighted by Crippen LogP contribution is 2.09. The highest BCUT2D eigenvalue weighted by atomic mass is 16.3.